The Hall–Kier alpha value is -1.57. The summed E-state index contributed by atoms with van der Waals surface area (Å²) >= 11 is 0. The zero-order valence-electron chi connectivity index (χ0n) is 7.12. The molecule has 12 heavy (non-hydrogen) atoms. The van der Waals surface area contributed by atoms with Gasteiger partial charge in [0.05, 0.1) is 0 Å². The van der Waals surface area contributed by atoms with E-state index in [2.05, 4.69) is 16.6 Å². The van der Waals surface area contributed by atoms with Crippen LogP contribution in [0.4, 0.5) is 5.82 Å². The van der Waals surface area contributed by atoms with E-state index in [9.17, 15) is 0 Å². The summed E-state index contributed by atoms with van der Waals surface area (Å²) in [5.74, 6) is 0.850. The van der Waals surface area contributed by atoms with Gasteiger partial charge in [0.2, 0.25) is 0 Å². The maximum atomic E-state index is 4.19. The summed E-state index contributed by atoms with van der Waals surface area (Å²) in [4.78, 5) is 7.20. The molecule has 0 spiro atoms. The summed E-state index contributed by atoms with van der Waals surface area (Å²) in [7, 11) is 0. The van der Waals surface area contributed by atoms with Gasteiger partial charge in [-0.1, -0.05) is 18.7 Å². The van der Waals surface area contributed by atoms with Crippen LogP contribution in [0, 0.1) is 0 Å². The van der Waals surface area contributed by atoms with Crippen LogP contribution >= 0.6 is 0 Å². The monoisotopic (exact) mass is 160 g/mol. The molecule has 1 heterocycles. The third-order valence-corrected chi connectivity index (χ3v) is 1.46. The van der Waals surface area contributed by atoms with Gasteiger partial charge >= 0.3 is 0 Å². The molecule has 0 aliphatic carbocycles. The number of aromatic amines is 1. The van der Waals surface area contributed by atoms with E-state index < -0.39 is 0 Å². The van der Waals surface area contributed by atoms with Crippen molar-refractivity contribution in [3.8, 4) is 0 Å². The van der Waals surface area contributed by atoms with E-state index in [0.717, 1.165) is 11.4 Å². The summed E-state index contributed by atoms with van der Waals surface area (Å²) in [5, 5.41) is 0. The Labute approximate surface area is 72.3 Å². The van der Waals surface area contributed by atoms with Crippen LogP contribution in [0.15, 0.2) is 36.0 Å². The molecule has 0 unspecified atom stereocenters. The van der Waals surface area contributed by atoms with Crippen LogP contribution in [0.3, 0.4) is 0 Å². The molecule has 1 N–H and O–H groups in total. The molecule has 0 saturated heterocycles. The first-order valence-electron chi connectivity index (χ1n) is 3.83. The Morgan fingerprint density at radius 1 is 1.58 bits per heavy atom. The van der Waals surface area contributed by atoms with Crippen LogP contribution < -0.4 is 0 Å². The molecule has 1 aromatic heterocycles. The lowest BCUT2D eigenvalue weighted by Crippen LogP contribution is -1.68. The highest BCUT2D eigenvalue weighted by Gasteiger charge is 1.94. The fourth-order valence-electron chi connectivity index (χ4n) is 0.853. The fourth-order valence-corrected chi connectivity index (χ4v) is 0.853. The minimum absolute atomic E-state index is 0.850. The maximum absolute atomic E-state index is 4.19. The number of H-pyrrole nitrogens is 1. The number of allylic oxidation sites excluding steroid dienone is 2. The molecule has 0 aromatic carbocycles. The molecule has 62 valence electrons. The first-order chi connectivity index (χ1) is 5.88. The van der Waals surface area contributed by atoms with Crippen molar-refractivity contribution in [3.63, 3.8) is 0 Å². The second kappa shape index (κ2) is 4.34. The maximum Gasteiger partial charge on any atom is 0.137 e. The molecule has 2 nitrogen and oxygen atoms in total. The Bertz CT molecular complexity index is 305. The lowest BCUT2D eigenvalue weighted by molar-refractivity contribution is 1.34. The Kier molecular flexibility index (Phi) is 3.08. The molecule has 1 aromatic rings. The second-order valence-corrected chi connectivity index (χ2v) is 2.29. The van der Waals surface area contributed by atoms with Gasteiger partial charge in [-0.15, -0.1) is 0 Å². The van der Waals surface area contributed by atoms with Gasteiger partial charge in [0.15, 0.2) is 0 Å². The molecule has 0 aliphatic heterocycles. The first-order valence-corrected chi connectivity index (χ1v) is 3.83. The number of hydrogen-bond acceptors (Lipinski definition) is 1. The smallest absolute Gasteiger partial charge is 0.137 e. The van der Waals surface area contributed by atoms with E-state index in [0.29, 0.717) is 0 Å². The number of hydrogen-bond donors (Lipinski definition) is 1. The van der Waals surface area contributed by atoms with Crippen molar-refractivity contribution in [2.75, 3.05) is 0 Å². The van der Waals surface area contributed by atoms with Crippen LogP contribution in [0.25, 0.3) is 6.08 Å². The molecule has 0 atom stereocenters. The average molecular weight is 160 g/mol. The lowest BCUT2D eigenvalue weighted by atomic mass is 10.3. The molecule has 2 heteroatoms. The first kappa shape index (κ1) is 8.53. The molecule has 0 radical (unpaired) electrons. The number of rotatable bonds is 3. The summed E-state index contributed by atoms with van der Waals surface area (Å²) in [6.07, 6.45) is 9.19. The van der Waals surface area contributed by atoms with Gasteiger partial charge in [-0.2, -0.15) is 0 Å². The van der Waals surface area contributed by atoms with Crippen molar-refractivity contribution in [1.29, 1.82) is 0 Å². The van der Waals surface area contributed by atoms with Gasteiger partial charge in [0.1, 0.15) is 5.82 Å². The van der Waals surface area contributed by atoms with Crippen LogP contribution in [-0.2, 0) is 0 Å². The topological polar surface area (TPSA) is 28.1 Å². The molecular weight excluding hydrogens is 148 g/mol. The number of nitrogens with one attached hydrogen (secondary N) is 1. The van der Waals surface area contributed by atoms with E-state index in [-0.39, 0.29) is 0 Å². The lowest BCUT2D eigenvalue weighted by Gasteiger charge is -1.88. The second-order valence-electron chi connectivity index (χ2n) is 2.29. The van der Waals surface area contributed by atoms with E-state index in [1.165, 1.54) is 0 Å². The zero-order valence-corrected chi connectivity index (χ0v) is 7.12. The van der Waals surface area contributed by atoms with Crippen molar-refractivity contribution in [1.82, 2.24) is 4.98 Å². The quantitative estimate of drug-likeness (QED) is 0.658. The summed E-state index contributed by atoms with van der Waals surface area (Å²) in [6.45, 7) is 5.63. The van der Waals surface area contributed by atoms with Gasteiger partial charge in [-0.05, 0) is 19.1 Å². The summed E-state index contributed by atoms with van der Waals surface area (Å²) in [6, 6.07) is 1.94. The molecule has 1 rings (SSSR count). The van der Waals surface area contributed by atoms with Crippen LogP contribution in [0.5, 0.6) is 0 Å². The molecule has 0 aliphatic rings. The summed E-state index contributed by atoms with van der Waals surface area (Å²) < 4.78 is 0. The van der Waals surface area contributed by atoms with Gasteiger partial charge in [0, 0.05) is 18.0 Å². The van der Waals surface area contributed by atoms with Gasteiger partial charge < -0.3 is 4.98 Å². The van der Waals surface area contributed by atoms with Gasteiger partial charge in [0.25, 0.3) is 0 Å². The van der Waals surface area contributed by atoms with Crippen molar-refractivity contribution >= 4 is 18.1 Å². The van der Waals surface area contributed by atoms with E-state index in [1.807, 2.05) is 31.3 Å². The van der Waals surface area contributed by atoms with E-state index in [4.69, 9.17) is 0 Å². The fraction of sp³-hybridized carbons (Fsp3) is 0.100. The minimum atomic E-state index is 0.850. The number of aromatic nitrogens is 1. The van der Waals surface area contributed by atoms with Gasteiger partial charge in [-0.25, -0.2) is 4.99 Å². The Morgan fingerprint density at radius 2 is 2.42 bits per heavy atom. The predicted octanol–water partition coefficient (Wildman–Crippen LogP) is 2.94. The molecule has 0 saturated carbocycles. The Balaban J connectivity index is 2.80. The van der Waals surface area contributed by atoms with Crippen LogP contribution in [0.1, 0.15) is 12.5 Å². The molecule has 0 amide bonds. The number of aliphatic imine (C=N–C) groups is 1. The Morgan fingerprint density at radius 3 is 3.08 bits per heavy atom. The highest BCUT2D eigenvalue weighted by atomic mass is 14.9. The van der Waals surface area contributed by atoms with E-state index >= 15 is 0 Å². The SMILES string of the molecule is C=Cc1cc[nH]c1N=C/C=C\C. The standard InChI is InChI=1S/C10H12N2/c1-3-5-7-11-10-9(4-2)6-8-12-10/h3-8,12H,2H2,1H3/b5-3-,11-7?. The molecular formula is C10H12N2. The van der Waals surface area contributed by atoms with Crippen molar-refractivity contribution in [2.24, 2.45) is 4.99 Å². The molecule has 0 bridgehead atoms. The highest BCUT2D eigenvalue weighted by Crippen LogP contribution is 2.16. The van der Waals surface area contributed by atoms with E-state index in [1.54, 1.807) is 12.3 Å². The highest BCUT2D eigenvalue weighted by molar-refractivity contribution is 5.75. The molecule has 0 fully saturated rings. The van der Waals surface area contributed by atoms with Crippen molar-refractivity contribution in [3.05, 3.63) is 36.6 Å². The van der Waals surface area contributed by atoms with Gasteiger partial charge in [-0.3, -0.25) is 0 Å². The largest absolute Gasteiger partial charge is 0.346 e. The number of nitrogens with zero attached hydrogens (tertiary/aromatic N) is 1. The average Bonchev–Trinajstić information content (AvgIpc) is 2.52. The normalized spacial score (nSPS) is 11.4. The third kappa shape index (κ3) is 1.95. The third-order valence-electron chi connectivity index (χ3n) is 1.46. The van der Waals surface area contributed by atoms with Crippen LogP contribution in [-0.4, -0.2) is 11.2 Å². The predicted molar refractivity (Wildman–Crippen MR) is 53.8 cm³/mol. The van der Waals surface area contributed by atoms with Crippen molar-refractivity contribution in [2.45, 2.75) is 6.92 Å². The van der Waals surface area contributed by atoms with Crippen molar-refractivity contribution < 1.29 is 0 Å². The summed E-state index contributed by atoms with van der Waals surface area (Å²) in [5.41, 5.74) is 1.02. The van der Waals surface area contributed by atoms with Crippen LogP contribution in [0.2, 0.25) is 0 Å². The zero-order chi connectivity index (χ0) is 8.81. The minimum Gasteiger partial charge on any atom is -0.346 e.